The highest BCUT2D eigenvalue weighted by Crippen LogP contribution is 2.32. The Morgan fingerprint density at radius 1 is 0.762 bits per heavy atom. The molecule has 4 rings (SSSR count). The number of fused-ring (bicyclic) bond motifs is 6. The van der Waals surface area contributed by atoms with Crippen molar-refractivity contribution in [3.8, 4) is 0 Å². The van der Waals surface area contributed by atoms with E-state index in [1.54, 1.807) is 0 Å². The van der Waals surface area contributed by atoms with Crippen LogP contribution in [0.3, 0.4) is 0 Å². The second-order valence-corrected chi connectivity index (χ2v) is 7.18. The first-order chi connectivity index (χ1) is 10.2. The van der Waals surface area contributed by atoms with Crippen LogP contribution < -0.4 is 10.6 Å². The number of hydrogen-bond acceptors (Lipinski definition) is 5. The summed E-state index contributed by atoms with van der Waals surface area (Å²) in [7, 11) is 1.97. The molecule has 0 amide bonds. The normalized spacial score (nSPS) is 45.3. The molecule has 0 aromatic rings. The second kappa shape index (κ2) is 6.92. The quantitative estimate of drug-likeness (QED) is 0.581. The number of nitrogens with one attached hydrogen (secondary N) is 2. The lowest BCUT2D eigenvalue weighted by Crippen LogP contribution is -2.56. The maximum Gasteiger partial charge on any atom is 0.0586 e. The van der Waals surface area contributed by atoms with Crippen molar-refractivity contribution < 1.29 is 10.2 Å². The lowest BCUT2D eigenvalue weighted by molar-refractivity contribution is 0.0389. The molecule has 0 spiro atoms. The van der Waals surface area contributed by atoms with Crippen molar-refractivity contribution in [2.45, 2.75) is 81.2 Å². The summed E-state index contributed by atoms with van der Waals surface area (Å²) in [6, 6.07) is 3.82. The number of hydrogen-bond donors (Lipinski definition) is 4. The third-order valence-corrected chi connectivity index (χ3v) is 6.05. The largest absolute Gasteiger partial charge is 0.395 e. The Morgan fingerprint density at radius 2 is 1.14 bits per heavy atom. The summed E-state index contributed by atoms with van der Waals surface area (Å²) in [4.78, 5) is 2.09. The maximum absolute atomic E-state index is 8.95. The van der Waals surface area contributed by atoms with Gasteiger partial charge in [-0.2, -0.15) is 0 Å². The first kappa shape index (κ1) is 15.7. The van der Waals surface area contributed by atoms with E-state index >= 15 is 0 Å². The van der Waals surface area contributed by atoms with Crippen LogP contribution in [0.2, 0.25) is 0 Å². The molecule has 0 saturated carbocycles. The van der Waals surface area contributed by atoms with E-state index < -0.39 is 0 Å². The molecule has 4 heterocycles. The average Bonchev–Trinajstić information content (AvgIpc) is 3.09. The third kappa shape index (κ3) is 3.27. The molecular weight excluding hydrogens is 266 g/mol. The molecule has 21 heavy (non-hydrogen) atoms. The standard InChI is InChI=1S/C8H14N2.C8H17NO2/c1-2-6-8-4-3-7(10-8)5(1)9-6;1-9-7(5-10)3-2-4-8(9)6-11/h5-10H,1-4H2;7-8,10-11H,2-6H2,1H3. The predicted octanol–water partition coefficient (Wildman–Crippen LogP) is 0.0651. The fourth-order valence-electron chi connectivity index (χ4n) is 4.61. The molecule has 122 valence electrons. The van der Waals surface area contributed by atoms with Crippen LogP contribution in [0.1, 0.15) is 44.9 Å². The Balaban J connectivity index is 0.000000126. The lowest BCUT2D eigenvalue weighted by Gasteiger charge is -2.37. The van der Waals surface area contributed by atoms with Crippen molar-refractivity contribution in [2.75, 3.05) is 20.3 Å². The van der Waals surface area contributed by atoms with Gasteiger partial charge < -0.3 is 20.8 Å². The number of piperidine rings is 1. The summed E-state index contributed by atoms with van der Waals surface area (Å²) in [5.74, 6) is 0. The Kier molecular flexibility index (Phi) is 5.17. The molecule has 4 fully saturated rings. The maximum atomic E-state index is 8.95. The molecule has 4 N–H and O–H groups in total. The van der Waals surface area contributed by atoms with Gasteiger partial charge in [0.2, 0.25) is 0 Å². The SMILES string of the molecule is C1CC2NC1C1CCC2N1.CN1C(CO)CCCC1CO. The Morgan fingerprint density at radius 3 is 1.48 bits per heavy atom. The van der Waals surface area contributed by atoms with Crippen molar-refractivity contribution in [2.24, 2.45) is 0 Å². The van der Waals surface area contributed by atoms with E-state index in [-0.39, 0.29) is 25.3 Å². The number of nitrogens with zero attached hydrogens (tertiary/aromatic N) is 1. The minimum absolute atomic E-state index is 0.215. The number of likely N-dealkylation sites (N-methyl/N-ethyl adjacent to an activating group) is 1. The van der Waals surface area contributed by atoms with Gasteiger partial charge in [0.05, 0.1) is 13.2 Å². The van der Waals surface area contributed by atoms with Gasteiger partial charge in [-0.25, -0.2) is 0 Å². The van der Waals surface area contributed by atoms with Crippen LogP contribution in [0.5, 0.6) is 0 Å². The molecular formula is C16H31N3O2. The summed E-state index contributed by atoms with van der Waals surface area (Å²) < 4.78 is 0. The van der Waals surface area contributed by atoms with Crippen molar-refractivity contribution in [1.29, 1.82) is 0 Å². The minimum Gasteiger partial charge on any atom is -0.395 e. The fraction of sp³-hybridized carbons (Fsp3) is 1.00. The predicted molar refractivity (Wildman–Crippen MR) is 83.3 cm³/mol. The zero-order valence-electron chi connectivity index (χ0n) is 13.2. The highest BCUT2D eigenvalue weighted by atomic mass is 16.3. The number of aliphatic hydroxyl groups is 2. The summed E-state index contributed by atoms with van der Waals surface area (Å²) in [6.45, 7) is 0.431. The fourth-order valence-corrected chi connectivity index (χ4v) is 4.61. The van der Waals surface area contributed by atoms with E-state index in [9.17, 15) is 0 Å². The highest BCUT2D eigenvalue weighted by molar-refractivity contribution is 5.07. The average molecular weight is 297 g/mol. The molecule has 5 nitrogen and oxygen atoms in total. The van der Waals surface area contributed by atoms with Crippen molar-refractivity contribution in [3.05, 3.63) is 0 Å². The van der Waals surface area contributed by atoms with Crippen LogP contribution in [0.4, 0.5) is 0 Å². The van der Waals surface area contributed by atoms with Gasteiger partial charge in [-0.1, -0.05) is 6.42 Å². The molecule has 6 atom stereocenters. The molecule has 0 radical (unpaired) electrons. The van der Waals surface area contributed by atoms with Crippen LogP contribution in [0.25, 0.3) is 0 Å². The van der Waals surface area contributed by atoms with Gasteiger partial charge in [-0.15, -0.1) is 0 Å². The van der Waals surface area contributed by atoms with Crippen molar-refractivity contribution in [3.63, 3.8) is 0 Å². The molecule has 4 saturated heterocycles. The summed E-state index contributed by atoms with van der Waals surface area (Å²) >= 11 is 0. The number of rotatable bonds is 2. The summed E-state index contributed by atoms with van der Waals surface area (Å²) in [6.07, 6.45) is 8.91. The highest BCUT2D eigenvalue weighted by Gasteiger charge is 2.44. The number of aliphatic hydroxyl groups excluding tert-OH is 2. The van der Waals surface area contributed by atoms with Gasteiger partial charge in [0.1, 0.15) is 0 Å². The first-order valence-electron chi connectivity index (χ1n) is 8.68. The monoisotopic (exact) mass is 297 g/mol. The summed E-state index contributed by atoms with van der Waals surface area (Å²) in [5.41, 5.74) is 0. The topological polar surface area (TPSA) is 67.8 Å². The van der Waals surface area contributed by atoms with E-state index in [0.717, 1.165) is 43.4 Å². The molecule has 0 aromatic heterocycles. The van der Waals surface area contributed by atoms with Crippen LogP contribution in [0, 0.1) is 0 Å². The zero-order valence-corrected chi connectivity index (χ0v) is 13.2. The Labute approximate surface area is 128 Å². The molecule has 4 aliphatic rings. The molecule has 0 aliphatic carbocycles. The number of likely N-dealkylation sites (tertiary alicyclic amines) is 1. The first-order valence-corrected chi connectivity index (χ1v) is 8.68. The third-order valence-electron chi connectivity index (χ3n) is 6.05. The minimum atomic E-state index is 0.215. The molecule has 4 aliphatic heterocycles. The van der Waals surface area contributed by atoms with E-state index in [0.29, 0.717) is 0 Å². The van der Waals surface area contributed by atoms with Crippen molar-refractivity contribution >= 4 is 0 Å². The van der Waals surface area contributed by atoms with Gasteiger partial charge in [-0.05, 0) is 45.6 Å². The van der Waals surface area contributed by atoms with Crippen molar-refractivity contribution in [1.82, 2.24) is 15.5 Å². The lowest BCUT2D eigenvalue weighted by atomic mass is 9.97. The Bertz CT molecular complexity index is 295. The zero-order chi connectivity index (χ0) is 14.8. The van der Waals surface area contributed by atoms with Crippen LogP contribution >= 0.6 is 0 Å². The van der Waals surface area contributed by atoms with Gasteiger partial charge >= 0.3 is 0 Å². The molecule has 0 aromatic carbocycles. The smallest absolute Gasteiger partial charge is 0.0586 e. The van der Waals surface area contributed by atoms with Crippen LogP contribution in [0.15, 0.2) is 0 Å². The van der Waals surface area contributed by atoms with E-state index in [1.165, 1.54) is 25.7 Å². The second-order valence-electron chi connectivity index (χ2n) is 7.18. The van der Waals surface area contributed by atoms with Crippen LogP contribution in [-0.2, 0) is 0 Å². The van der Waals surface area contributed by atoms with Gasteiger partial charge in [0.15, 0.2) is 0 Å². The summed E-state index contributed by atoms with van der Waals surface area (Å²) in [5, 5.41) is 25.3. The van der Waals surface area contributed by atoms with Gasteiger partial charge in [-0.3, -0.25) is 4.90 Å². The van der Waals surface area contributed by atoms with Gasteiger partial charge in [0, 0.05) is 36.3 Å². The Hall–Kier alpha value is -0.200. The molecule has 4 bridgehead atoms. The van der Waals surface area contributed by atoms with Crippen LogP contribution in [-0.4, -0.2) is 71.6 Å². The van der Waals surface area contributed by atoms with E-state index in [4.69, 9.17) is 10.2 Å². The number of piperazine rings is 1. The molecule has 5 heteroatoms. The van der Waals surface area contributed by atoms with E-state index in [1.807, 2.05) is 7.05 Å². The molecule has 6 unspecified atom stereocenters. The van der Waals surface area contributed by atoms with E-state index in [2.05, 4.69) is 15.5 Å². The van der Waals surface area contributed by atoms with Gasteiger partial charge in [0.25, 0.3) is 0 Å².